The van der Waals surface area contributed by atoms with E-state index in [4.69, 9.17) is 15.5 Å². The molecule has 6 heteroatoms. The first-order chi connectivity index (χ1) is 14.6. The summed E-state index contributed by atoms with van der Waals surface area (Å²) < 4.78 is 5.48. The van der Waals surface area contributed by atoms with Gasteiger partial charge in [0.1, 0.15) is 0 Å². The van der Waals surface area contributed by atoms with Crippen LogP contribution in [0.5, 0.6) is 0 Å². The Balaban J connectivity index is 1.85. The van der Waals surface area contributed by atoms with Crippen molar-refractivity contribution in [1.29, 1.82) is 0 Å². The zero-order valence-corrected chi connectivity index (χ0v) is 17.4. The van der Waals surface area contributed by atoms with E-state index >= 15 is 0 Å². The van der Waals surface area contributed by atoms with Gasteiger partial charge in [-0.15, -0.1) is 0 Å². The molecule has 2 saturated heterocycles. The fourth-order valence-electron chi connectivity index (χ4n) is 4.16. The highest BCUT2D eigenvalue weighted by atomic mass is 16.5. The highest BCUT2D eigenvalue weighted by Gasteiger charge is 2.26. The van der Waals surface area contributed by atoms with Crippen molar-refractivity contribution in [2.24, 2.45) is 10.7 Å². The second kappa shape index (κ2) is 8.79. The van der Waals surface area contributed by atoms with E-state index in [2.05, 4.69) is 17.6 Å². The van der Waals surface area contributed by atoms with Crippen molar-refractivity contribution in [3.63, 3.8) is 0 Å². The molecule has 1 aromatic carbocycles. The molecule has 2 aliphatic rings. The van der Waals surface area contributed by atoms with Crippen molar-refractivity contribution in [1.82, 2.24) is 9.88 Å². The fourth-order valence-corrected chi connectivity index (χ4v) is 4.16. The van der Waals surface area contributed by atoms with Crippen molar-refractivity contribution >= 4 is 34.2 Å². The average Bonchev–Trinajstić information content (AvgIpc) is 2.78. The highest BCUT2D eigenvalue weighted by molar-refractivity contribution is 6.10. The number of nitrogens with two attached hydrogens (primary N) is 1. The quantitative estimate of drug-likeness (QED) is 0.850. The SMILES string of the molecule is C=Cc1cc(C(N)=C2CN(C(C)=O)CCC2=NC2CCOCC2)c2cnccc2c1. The Morgan fingerprint density at radius 3 is 2.90 bits per heavy atom. The number of amides is 1. The van der Waals surface area contributed by atoms with Crippen molar-refractivity contribution in [3.05, 3.63) is 53.9 Å². The number of carbonyl (C=O) groups excluding carboxylic acids is 1. The molecule has 3 heterocycles. The maximum absolute atomic E-state index is 12.1. The van der Waals surface area contributed by atoms with Gasteiger partial charge in [0.2, 0.25) is 5.91 Å². The summed E-state index contributed by atoms with van der Waals surface area (Å²) in [7, 11) is 0. The number of likely N-dealkylation sites (tertiary alicyclic amines) is 1. The van der Waals surface area contributed by atoms with Gasteiger partial charge < -0.3 is 15.4 Å². The second-order valence-electron chi connectivity index (χ2n) is 7.87. The number of pyridine rings is 1. The minimum atomic E-state index is 0.0526. The maximum atomic E-state index is 12.1. The Kier molecular flexibility index (Phi) is 5.95. The molecule has 0 spiro atoms. The molecule has 156 valence electrons. The Morgan fingerprint density at radius 1 is 1.37 bits per heavy atom. The molecule has 2 aliphatic heterocycles. The third-order valence-corrected chi connectivity index (χ3v) is 5.92. The van der Waals surface area contributed by atoms with Crippen LogP contribution in [0, 0.1) is 0 Å². The zero-order valence-electron chi connectivity index (χ0n) is 17.4. The first kappa shape index (κ1) is 20.3. The van der Waals surface area contributed by atoms with Crippen molar-refractivity contribution < 1.29 is 9.53 Å². The summed E-state index contributed by atoms with van der Waals surface area (Å²) >= 11 is 0. The smallest absolute Gasteiger partial charge is 0.219 e. The summed E-state index contributed by atoms with van der Waals surface area (Å²) in [6.45, 7) is 8.15. The standard InChI is InChI=1S/C24H28N4O2/c1-3-17-12-18-4-8-26-14-21(18)20(13-17)24(25)22-15-28(16(2)29)9-5-23(22)27-19-6-10-30-11-7-19/h3-4,8,12-14,19H,1,5-7,9-11,15,25H2,2H3. The van der Waals surface area contributed by atoms with Gasteiger partial charge in [-0.05, 0) is 42.0 Å². The summed E-state index contributed by atoms with van der Waals surface area (Å²) in [5.41, 5.74) is 11.3. The summed E-state index contributed by atoms with van der Waals surface area (Å²) in [6, 6.07) is 6.34. The number of carbonyl (C=O) groups is 1. The molecule has 0 saturated carbocycles. The predicted molar refractivity (Wildman–Crippen MR) is 121 cm³/mol. The molecule has 0 bridgehead atoms. The number of rotatable bonds is 3. The van der Waals surface area contributed by atoms with Gasteiger partial charge in [0.15, 0.2) is 0 Å². The molecule has 4 rings (SSSR count). The third-order valence-electron chi connectivity index (χ3n) is 5.92. The highest BCUT2D eigenvalue weighted by Crippen LogP contribution is 2.29. The molecule has 2 N–H and O–H groups in total. The molecule has 0 atom stereocenters. The number of hydrogen-bond donors (Lipinski definition) is 1. The van der Waals surface area contributed by atoms with Gasteiger partial charge in [0.25, 0.3) is 0 Å². The van der Waals surface area contributed by atoms with E-state index in [-0.39, 0.29) is 11.9 Å². The van der Waals surface area contributed by atoms with Crippen LogP contribution in [-0.4, -0.2) is 53.8 Å². The fraction of sp³-hybridized carbons (Fsp3) is 0.375. The lowest BCUT2D eigenvalue weighted by atomic mass is 9.93. The number of ether oxygens (including phenoxy) is 1. The zero-order chi connectivity index (χ0) is 21.1. The summed E-state index contributed by atoms with van der Waals surface area (Å²) in [5, 5.41) is 2.04. The second-order valence-corrected chi connectivity index (χ2v) is 7.87. The van der Waals surface area contributed by atoms with Crippen LogP contribution < -0.4 is 5.73 Å². The van der Waals surface area contributed by atoms with Crippen LogP contribution in [-0.2, 0) is 9.53 Å². The van der Waals surface area contributed by atoms with Gasteiger partial charge in [0.05, 0.1) is 6.04 Å². The minimum absolute atomic E-state index is 0.0526. The molecule has 2 fully saturated rings. The van der Waals surface area contributed by atoms with E-state index in [1.807, 2.05) is 29.3 Å². The molecule has 2 aromatic rings. The van der Waals surface area contributed by atoms with E-state index in [0.717, 1.165) is 59.2 Å². The Bertz CT molecular complexity index is 1030. The van der Waals surface area contributed by atoms with Crippen LogP contribution in [0.4, 0.5) is 0 Å². The van der Waals surface area contributed by atoms with Gasteiger partial charge in [-0.1, -0.05) is 12.7 Å². The van der Waals surface area contributed by atoms with Crippen molar-refractivity contribution in [2.75, 3.05) is 26.3 Å². The number of nitrogens with zero attached hydrogens (tertiary/aromatic N) is 3. The summed E-state index contributed by atoms with van der Waals surface area (Å²) in [5.74, 6) is 0.0526. The van der Waals surface area contributed by atoms with E-state index in [9.17, 15) is 4.79 Å². The molecule has 1 aromatic heterocycles. The maximum Gasteiger partial charge on any atom is 0.219 e. The number of benzene rings is 1. The van der Waals surface area contributed by atoms with E-state index in [1.54, 1.807) is 13.1 Å². The number of aromatic nitrogens is 1. The minimum Gasteiger partial charge on any atom is -0.398 e. The normalized spacial score (nSPS) is 21.1. The number of fused-ring (bicyclic) bond motifs is 1. The molecule has 6 nitrogen and oxygen atoms in total. The monoisotopic (exact) mass is 404 g/mol. The number of hydrogen-bond acceptors (Lipinski definition) is 5. The van der Waals surface area contributed by atoms with Crippen LogP contribution in [0.2, 0.25) is 0 Å². The van der Waals surface area contributed by atoms with Crippen molar-refractivity contribution in [3.8, 4) is 0 Å². The lowest BCUT2D eigenvalue weighted by molar-refractivity contribution is -0.128. The molecule has 30 heavy (non-hydrogen) atoms. The summed E-state index contributed by atoms with van der Waals surface area (Å²) in [4.78, 5) is 23.3. The van der Waals surface area contributed by atoms with Gasteiger partial charge in [-0.3, -0.25) is 14.8 Å². The molecule has 1 amide bonds. The first-order valence-electron chi connectivity index (χ1n) is 10.5. The predicted octanol–water partition coefficient (Wildman–Crippen LogP) is 3.42. The molecule has 0 radical (unpaired) electrons. The van der Waals surface area contributed by atoms with Gasteiger partial charge >= 0.3 is 0 Å². The molecule has 0 aliphatic carbocycles. The van der Waals surface area contributed by atoms with Crippen LogP contribution in [0.1, 0.15) is 37.3 Å². The van der Waals surface area contributed by atoms with E-state index < -0.39 is 0 Å². The molecule has 0 unspecified atom stereocenters. The largest absolute Gasteiger partial charge is 0.398 e. The lowest BCUT2D eigenvalue weighted by Gasteiger charge is -2.31. The van der Waals surface area contributed by atoms with Gasteiger partial charge in [-0.25, -0.2) is 0 Å². The first-order valence-corrected chi connectivity index (χ1v) is 10.5. The third kappa shape index (κ3) is 4.14. The average molecular weight is 405 g/mol. The summed E-state index contributed by atoms with van der Waals surface area (Å²) in [6.07, 6.45) is 7.99. The number of piperidine rings is 1. The van der Waals surface area contributed by atoms with E-state index in [1.165, 1.54) is 0 Å². The topological polar surface area (TPSA) is 80.8 Å². The Morgan fingerprint density at radius 2 is 2.17 bits per heavy atom. The Labute approximate surface area is 177 Å². The van der Waals surface area contributed by atoms with Crippen LogP contribution in [0.3, 0.4) is 0 Å². The van der Waals surface area contributed by atoms with Gasteiger partial charge in [0, 0.05) is 80.0 Å². The van der Waals surface area contributed by atoms with Crippen LogP contribution in [0.25, 0.3) is 22.5 Å². The van der Waals surface area contributed by atoms with E-state index in [0.29, 0.717) is 25.2 Å². The van der Waals surface area contributed by atoms with Crippen LogP contribution in [0.15, 0.2) is 47.7 Å². The van der Waals surface area contributed by atoms with Crippen LogP contribution >= 0.6 is 0 Å². The number of aliphatic imine (C=N–C) groups is 1. The van der Waals surface area contributed by atoms with Gasteiger partial charge in [-0.2, -0.15) is 0 Å². The molecular weight excluding hydrogens is 376 g/mol. The lowest BCUT2D eigenvalue weighted by Crippen LogP contribution is -2.40. The Hall–Kier alpha value is -2.99. The van der Waals surface area contributed by atoms with Crippen molar-refractivity contribution in [2.45, 2.75) is 32.2 Å². The molecular formula is C24H28N4O2.